The van der Waals surface area contributed by atoms with E-state index in [9.17, 15) is 5.11 Å². The standard InChI is InChI=1S/C15H15NO.2ClH.Ti/c1-11-8-12(2)15(17)13(9-11)10-16-14-6-4-3-5-7-14;;;/h3-10,17H,1-2H3;2*1H;/q;;;+2/p-2. The fraction of sp³-hybridized carbons (Fsp3) is 0.133. The van der Waals surface area contributed by atoms with Crippen molar-refractivity contribution in [2.45, 2.75) is 13.8 Å². The van der Waals surface area contributed by atoms with E-state index >= 15 is 0 Å². The molecule has 2 aromatic carbocycles. The van der Waals surface area contributed by atoms with Gasteiger partial charge < -0.3 is 5.11 Å². The number of nitrogens with zero attached hydrogens (tertiary/aromatic N) is 1. The summed E-state index contributed by atoms with van der Waals surface area (Å²) in [4.78, 5) is 4.33. The molecular weight excluding hydrogens is 329 g/mol. The monoisotopic (exact) mass is 343 g/mol. The van der Waals surface area contributed by atoms with Crippen LogP contribution in [0.25, 0.3) is 0 Å². The van der Waals surface area contributed by atoms with Crippen LogP contribution in [0, 0.1) is 13.8 Å². The summed E-state index contributed by atoms with van der Waals surface area (Å²) >= 11 is -0.556. The summed E-state index contributed by atoms with van der Waals surface area (Å²) in [6.45, 7) is 3.90. The van der Waals surface area contributed by atoms with Crippen molar-refractivity contribution >= 4 is 30.5 Å². The molecule has 0 spiro atoms. The average Bonchev–Trinajstić information content (AvgIpc) is 2.43. The molecule has 2 aromatic rings. The van der Waals surface area contributed by atoms with Crippen LogP contribution < -0.4 is 0 Å². The van der Waals surface area contributed by atoms with Crippen LogP contribution in [0.15, 0.2) is 47.5 Å². The Labute approximate surface area is 136 Å². The van der Waals surface area contributed by atoms with Gasteiger partial charge in [0.25, 0.3) is 0 Å². The van der Waals surface area contributed by atoms with Crippen molar-refractivity contribution in [2.75, 3.05) is 0 Å². The molecule has 0 aliphatic carbocycles. The van der Waals surface area contributed by atoms with E-state index in [-0.39, 0.29) is 0 Å². The molecule has 0 atom stereocenters. The summed E-state index contributed by atoms with van der Waals surface area (Å²) < 4.78 is 0. The van der Waals surface area contributed by atoms with E-state index in [0.717, 1.165) is 22.4 Å². The second kappa shape index (κ2) is 9.20. The Kier molecular flexibility index (Phi) is 7.94. The number of phenols is 1. The van der Waals surface area contributed by atoms with Gasteiger partial charge in [-0.2, -0.15) is 0 Å². The van der Waals surface area contributed by atoms with Gasteiger partial charge in [0.15, 0.2) is 0 Å². The Hall–Kier alpha value is -0.796. The van der Waals surface area contributed by atoms with E-state index < -0.39 is 17.0 Å². The van der Waals surface area contributed by atoms with E-state index in [0.29, 0.717) is 5.75 Å². The van der Waals surface area contributed by atoms with Gasteiger partial charge in [0.1, 0.15) is 5.75 Å². The number of hydrogen-bond acceptors (Lipinski definition) is 2. The first kappa shape index (κ1) is 17.3. The fourth-order valence-corrected chi connectivity index (χ4v) is 1.75. The number of hydrogen-bond donors (Lipinski definition) is 1. The molecule has 2 nitrogen and oxygen atoms in total. The minimum atomic E-state index is -0.556. The van der Waals surface area contributed by atoms with Gasteiger partial charge in [-0.15, -0.1) is 0 Å². The molecular formula is C15H15Cl2NOTi. The van der Waals surface area contributed by atoms with Crippen LogP contribution in [0.1, 0.15) is 16.7 Å². The van der Waals surface area contributed by atoms with Gasteiger partial charge >= 0.3 is 35.6 Å². The predicted molar refractivity (Wildman–Crippen MR) is 83.0 cm³/mol. The fourth-order valence-electron chi connectivity index (χ4n) is 1.75. The predicted octanol–water partition coefficient (Wildman–Crippen LogP) is 5.14. The molecule has 0 aliphatic heterocycles. The summed E-state index contributed by atoms with van der Waals surface area (Å²) in [6, 6.07) is 13.6. The summed E-state index contributed by atoms with van der Waals surface area (Å²) in [7, 11) is 9.78. The number of aliphatic imine (C=N–C) groups is 1. The van der Waals surface area contributed by atoms with E-state index in [4.69, 9.17) is 18.6 Å². The van der Waals surface area contributed by atoms with Crippen LogP contribution in [-0.2, 0) is 17.0 Å². The zero-order valence-corrected chi connectivity index (χ0v) is 14.3. The zero-order chi connectivity index (χ0) is 15.0. The van der Waals surface area contributed by atoms with Crippen LogP contribution >= 0.6 is 18.6 Å². The Morgan fingerprint density at radius 2 is 1.70 bits per heavy atom. The summed E-state index contributed by atoms with van der Waals surface area (Å²) in [5.41, 5.74) is 3.63. The molecule has 0 aliphatic rings. The van der Waals surface area contributed by atoms with Crippen molar-refractivity contribution in [1.29, 1.82) is 0 Å². The van der Waals surface area contributed by atoms with Crippen LogP contribution in [0.4, 0.5) is 5.69 Å². The van der Waals surface area contributed by atoms with Crippen LogP contribution in [0.5, 0.6) is 5.75 Å². The number of aromatic hydroxyl groups is 1. The van der Waals surface area contributed by atoms with Gasteiger partial charge in [-0.1, -0.05) is 24.3 Å². The van der Waals surface area contributed by atoms with E-state index in [2.05, 4.69) is 4.99 Å². The Balaban J connectivity index is 0.000000612. The van der Waals surface area contributed by atoms with E-state index in [1.165, 1.54) is 0 Å². The topological polar surface area (TPSA) is 32.6 Å². The second-order valence-corrected chi connectivity index (χ2v) is 6.76. The molecule has 0 amide bonds. The third-order valence-electron chi connectivity index (χ3n) is 2.58. The molecule has 1 N–H and O–H groups in total. The molecule has 0 saturated heterocycles. The van der Waals surface area contributed by atoms with Crippen molar-refractivity contribution in [3.05, 3.63) is 59.2 Å². The summed E-state index contributed by atoms with van der Waals surface area (Å²) in [5.74, 6) is 0.301. The molecule has 104 valence electrons. The maximum atomic E-state index is 9.91. The van der Waals surface area contributed by atoms with Crippen molar-refractivity contribution in [3.8, 4) is 5.75 Å². The van der Waals surface area contributed by atoms with E-state index in [1.54, 1.807) is 6.21 Å². The van der Waals surface area contributed by atoms with Crippen molar-refractivity contribution < 1.29 is 22.1 Å². The number of halogens is 2. The molecule has 0 aromatic heterocycles. The number of rotatable bonds is 2. The molecule has 0 unspecified atom stereocenters. The Morgan fingerprint density at radius 3 is 2.30 bits per heavy atom. The van der Waals surface area contributed by atoms with Crippen molar-refractivity contribution in [3.63, 3.8) is 0 Å². The summed E-state index contributed by atoms with van der Waals surface area (Å²) in [6.07, 6.45) is 1.70. The zero-order valence-electron chi connectivity index (χ0n) is 11.3. The Bertz CT molecular complexity index is 574. The maximum absolute atomic E-state index is 9.91. The molecule has 20 heavy (non-hydrogen) atoms. The minimum absolute atomic E-state index is 0.301. The van der Waals surface area contributed by atoms with Crippen LogP contribution in [-0.4, -0.2) is 11.3 Å². The van der Waals surface area contributed by atoms with Gasteiger partial charge in [0.2, 0.25) is 0 Å². The first-order valence-corrected chi connectivity index (χ1v) is 10.2. The third-order valence-corrected chi connectivity index (χ3v) is 2.58. The van der Waals surface area contributed by atoms with Crippen LogP contribution in [0.3, 0.4) is 0 Å². The van der Waals surface area contributed by atoms with Gasteiger partial charge in [-0.3, -0.25) is 4.99 Å². The molecule has 2 rings (SSSR count). The van der Waals surface area contributed by atoms with Gasteiger partial charge in [0, 0.05) is 11.8 Å². The second-order valence-electron chi connectivity index (χ2n) is 4.18. The number of para-hydroxylation sites is 1. The SMILES string of the molecule is Cc1cc(C)c(O)c(C=Nc2ccccc2)c1.[Cl][Ti][Cl]. The third kappa shape index (κ3) is 5.68. The quantitative estimate of drug-likeness (QED) is 0.594. The molecule has 5 heteroatoms. The van der Waals surface area contributed by atoms with Gasteiger partial charge in [0.05, 0.1) is 5.69 Å². The van der Waals surface area contributed by atoms with Crippen molar-refractivity contribution in [1.82, 2.24) is 0 Å². The average molecular weight is 344 g/mol. The Morgan fingerprint density at radius 1 is 1.10 bits per heavy atom. The van der Waals surface area contributed by atoms with Gasteiger partial charge in [-0.05, 0) is 43.2 Å². The molecule has 0 fully saturated rings. The molecule has 0 radical (unpaired) electrons. The number of aryl methyl sites for hydroxylation is 2. The molecule has 0 bridgehead atoms. The van der Waals surface area contributed by atoms with Crippen LogP contribution in [0.2, 0.25) is 0 Å². The molecule has 0 heterocycles. The van der Waals surface area contributed by atoms with Gasteiger partial charge in [-0.25, -0.2) is 0 Å². The first-order valence-electron chi connectivity index (χ1n) is 5.94. The first-order chi connectivity index (χ1) is 9.58. The summed E-state index contributed by atoms with van der Waals surface area (Å²) in [5, 5.41) is 9.91. The molecule has 0 saturated carbocycles. The number of phenolic OH excluding ortho intramolecular Hbond substituents is 1. The normalized spacial score (nSPS) is 10.0. The number of benzene rings is 2. The van der Waals surface area contributed by atoms with E-state index in [1.807, 2.05) is 56.3 Å². The van der Waals surface area contributed by atoms with Crippen molar-refractivity contribution in [2.24, 2.45) is 4.99 Å².